The van der Waals surface area contributed by atoms with Crippen LogP contribution in [0.2, 0.25) is 0 Å². The second-order valence-corrected chi connectivity index (χ2v) is 7.78. The van der Waals surface area contributed by atoms with Gasteiger partial charge in [-0.05, 0) is 35.8 Å². The van der Waals surface area contributed by atoms with Crippen LogP contribution in [-0.4, -0.2) is 24.5 Å². The van der Waals surface area contributed by atoms with Crippen molar-refractivity contribution in [1.29, 1.82) is 0 Å². The van der Waals surface area contributed by atoms with Gasteiger partial charge < -0.3 is 10.6 Å². The van der Waals surface area contributed by atoms with E-state index in [1.54, 1.807) is 29.7 Å². The van der Waals surface area contributed by atoms with Crippen LogP contribution in [-0.2, 0) is 13.0 Å². The van der Waals surface area contributed by atoms with Gasteiger partial charge in [0.15, 0.2) is 5.96 Å². The fourth-order valence-electron chi connectivity index (χ4n) is 1.77. The van der Waals surface area contributed by atoms with Crippen molar-refractivity contribution in [3.8, 4) is 0 Å². The zero-order chi connectivity index (χ0) is 15.2. The number of aliphatic imine (C=N–C) groups is 1. The fraction of sp³-hybridized carbons (Fsp3) is 0.429. The standard InChI is InChI=1S/C14H19BrN4S2/c1-9-10(2)21-13(19-9)4-5-17-14(16-3)18-7-12-6-11(15)8-20-12/h6,8H,4-5,7H2,1-3H3,(H2,16,17,18). The van der Waals surface area contributed by atoms with Gasteiger partial charge in [0, 0.05) is 39.6 Å². The highest BCUT2D eigenvalue weighted by atomic mass is 79.9. The first-order valence-corrected chi connectivity index (χ1v) is 9.17. The van der Waals surface area contributed by atoms with Crippen LogP contribution in [0.5, 0.6) is 0 Å². The van der Waals surface area contributed by atoms with Gasteiger partial charge in [-0.15, -0.1) is 22.7 Å². The van der Waals surface area contributed by atoms with Crippen molar-refractivity contribution in [3.05, 3.63) is 36.4 Å². The molecule has 0 aromatic carbocycles. The van der Waals surface area contributed by atoms with Gasteiger partial charge in [0.1, 0.15) is 0 Å². The average molecular weight is 387 g/mol. The number of thiazole rings is 1. The lowest BCUT2D eigenvalue weighted by atomic mass is 10.4. The highest BCUT2D eigenvalue weighted by molar-refractivity contribution is 9.10. The van der Waals surface area contributed by atoms with E-state index in [2.05, 4.69) is 61.8 Å². The molecule has 0 saturated heterocycles. The fourth-order valence-corrected chi connectivity index (χ4v) is 4.10. The molecule has 0 aliphatic rings. The number of rotatable bonds is 5. The highest BCUT2D eigenvalue weighted by Gasteiger charge is 2.04. The molecule has 0 aliphatic heterocycles. The molecule has 0 unspecified atom stereocenters. The van der Waals surface area contributed by atoms with Crippen molar-refractivity contribution in [3.63, 3.8) is 0 Å². The molecule has 0 aliphatic carbocycles. The van der Waals surface area contributed by atoms with Gasteiger partial charge in [0.2, 0.25) is 0 Å². The lowest BCUT2D eigenvalue weighted by Gasteiger charge is -2.10. The van der Waals surface area contributed by atoms with Crippen LogP contribution in [0.25, 0.3) is 0 Å². The summed E-state index contributed by atoms with van der Waals surface area (Å²) < 4.78 is 1.13. The highest BCUT2D eigenvalue weighted by Crippen LogP contribution is 2.19. The van der Waals surface area contributed by atoms with Crippen molar-refractivity contribution in [2.24, 2.45) is 4.99 Å². The lowest BCUT2D eigenvalue weighted by molar-refractivity contribution is 0.795. The summed E-state index contributed by atoms with van der Waals surface area (Å²) in [6.45, 7) is 5.79. The van der Waals surface area contributed by atoms with Crippen LogP contribution in [0.15, 0.2) is 20.9 Å². The van der Waals surface area contributed by atoms with E-state index in [0.29, 0.717) is 0 Å². The van der Waals surface area contributed by atoms with Gasteiger partial charge >= 0.3 is 0 Å². The summed E-state index contributed by atoms with van der Waals surface area (Å²) >= 11 is 6.96. The Morgan fingerprint density at radius 3 is 2.76 bits per heavy atom. The minimum atomic E-state index is 0.783. The van der Waals surface area contributed by atoms with Gasteiger partial charge in [-0.3, -0.25) is 4.99 Å². The van der Waals surface area contributed by atoms with Gasteiger partial charge in [0.05, 0.1) is 17.2 Å². The van der Waals surface area contributed by atoms with E-state index in [9.17, 15) is 0 Å². The third kappa shape index (κ3) is 5.09. The third-order valence-electron chi connectivity index (χ3n) is 2.98. The minimum Gasteiger partial charge on any atom is -0.356 e. The van der Waals surface area contributed by atoms with E-state index in [-0.39, 0.29) is 0 Å². The maximum Gasteiger partial charge on any atom is 0.191 e. The summed E-state index contributed by atoms with van der Waals surface area (Å²) in [6, 6.07) is 2.12. The number of guanidine groups is 1. The van der Waals surface area contributed by atoms with E-state index in [4.69, 9.17) is 0 Å². The van der Waals surface area contributed by atoms with Crippen molar-refractivity contribution < 1.29 is 0 Å². The van der Waals surface area contributed by atoms with Crippen LogP contribution < -0.4 is 10.6 Å². The Balaban J connectivity index is 1.75. The molecule has 114 valence electrons. The molecule has 0 spiro atoms. The molecule has 0 bridgehead atoms. The Kier molecular flexibility index (Phi) is 6.20. The zero-order valence-electron chi connectivity index (χ0n) is 12.4. The smallest absolute Gasteiger partial charge is 0.191 e. The van der Waals surface area contributed by atoms with E-state index < -0.39 is 0 Å². The topological polar surface area (TPSA) is 49.3 Å². The van der Waals surface area contributed by atoms with Crippen LogP contribution in [0, 0.1) is 13.8 Å². The molecule has 2 aromatic rings. The molecule has 2 rings (SSSR count). The number of hydrogen-bond acceptors (Lipinski definition) is 4. The van der Waals surface area contributed by atoms with E-state index in [1.807, 2.05) is 0 Å². The maximum absolute atomic E-state index is 4.54. The molecule has 7 heteroatoms. The molecule has 0 fully saturated rings. The van der Waals surface area contributed by atoms with Gasteiger partial charge in [0.25, 0.3) is 0 Å². The number of thiophene rings is 1. The van der Waals surface area contributed by atoms with Gasteiger partial charge in [-0.2, -0.15) is 0 Å². The molecule has 4 nitrogen and oxygen atoms in total. The first kappa shape index (κ1) is 16.5. The van der Waals surface area contributed by atoms with Crippen LogP contribution >= 0.6 is 38.6 Å². The Labute approximate surface area is 141 Å². The number of nitrogens with zero attached hydrogens (tertiary/aromatic N) is 2. The first-order valence-electron chi connectivity index (χ1n) is 6.69. The van der Waals surface area contributed by atoms with Crippen molar-refractivity contribution in [2.75, 3.05) is 13.6 Å². The van der Waals surface area contributed by atoms with Crippen molar-refractivity contribution >= 4 is 44.6 Å². The zero-order valence-corrected chi connectivity index (χ0v) is 15.6. The first-order chi connectivity index (χ1) is 10.1. The summed E-state index contributed by atoms with van der Waals surface area (Å²) in [7, 11) is 1.79. The Morgan fingerprint density at radius 1 is 1.38 bits per heavy atom. The van der Waals surface area contributed by atoms with Crippen LogP contribution in [0.4, 0.5) is 0 Å². The monoisotopic (exact) mass is 386 g/mol. The number of halogens is 1. The molecular weight excluding hydrogens is 368 g/mol. The number of aryl methyl sites for hydroxylation is 2. The normalized spacial score (nSPS) is 11.7. The second kappa shape index (κ2) is 7.91. The predicted octanol–water partition coefficient (Wildman–Crippen LogP) is 3.49. The SMILES string of the molecule is CN=C(NCCc1nc(C)c(C)s1)NCc1cc(Br)cs1. The lowest BCUT2D eigenvalue weighted by Crippen LogP contribution is -2.37. The summed E-state index contributed by atoms with van der Waals surface area (Å²) in [5.41, 5.74) is 1.14. The summed E-state index contributed by atoms with van der Waals surface area (Å²) in [5, 5.41) is 9.90. The second-order valence-electron chi connectivity index (χ2n) is 4.58. The van der Waals surface area contributed by atoms with Crippen LogP contribution in [0.3, 0.4) is 0 Å². The van der Waals surface area contributed by atoms with E-state index in [1.165, 1.54) is 14.8 Å². The van der Waals surface area contributed by atoms with E-state index in [0.717, 1.165) is 35.6 Å². The third-order valence-corrected chi connectivity index (χ3v) is 5.81. The molecular formula is C14H19BrN4S2. The Morgan fingerprint density at radius 2 is 2.19 bits per heavy atom. The quantitative estimate of drug-likeness (QED) is 0.610. The molecule has 2 N–H and O–H groups in total. The van der Waals surface area contributed by atoms with Crippen molar-refractivity contribution in [2.45, 2.75) is 26.8 Å². The molecule has 21 heavy (non-hydrogen) atoms. The molecule has 2 aromatic heterocycles. The molecule has 0 amide bonds. The number of hydrogen-bond donors (Lipinski definition) is 2. The maximum atomic E-state index is 4.54. The summed E-state index contributed by atoms with van der Waals surface area (Å²) in [6.07, 6.45) is 0.921. The van der Waals surface area contributed by atoms with Crippen LogP contribution in [0.1, 0.15) is 20.5 Å². The van der Waals surface area contributed by atoms with Crippen molar-refractivity contribution in [1.82, 2.24) is 15.6 Å². The van der Waals surface area contributed by atoms with Gasteiger partial charge in [-0.25, -0.2) is 4.98 Å². The molecule has 2 heterocycles. The Bertz CT molecular complexity index is 599. The summed E-state index contributed by atoms with van der Waals surface area (Å²) in [4.78, 5) is 11.4. The predicted molar refractivity (Wildman–Crippen MR) is 95.5 cm³/mol. The average Bonchev–Trinajstić information content (AvgIpc) is 3.00. The number of aromatic nitrogens is 1. The molecule has 0 atom stereocenters. The van der Waals surface area contributed by atoms with Gasteiger partial charge in [-0.1, -0.05) is 0 Å². The minimum absolute atomic E-state index is 0.783. The Hall–Kier alpha value is -0.920. The largest absolute Gasteiger partial charge is 0.356 e. The summed E-state index contributed by atoms with van der Waals surface area (Å²) in [5.74, 6) is 0.824. The number of nitrogens with one attached hydrogen (secondary N) is 2. The van der Waals surface area contributed by atoms with E-state index >= 15 is 0 Å². The molecule has 0 radical (unpaired) electrons. The molecule has 0 saturated carbocycles.